The maximum atomic E-state index is 11.8. The van der Waals surface area contributed by atoms with E-state index < -0.39 is 5.60 Å². The SMILES string of the molecule is C#Cc1ccccc1CN(C)C(=O)OC(C)(C)C. The van der Waals surface area contributed by atoms with Crippen LogP contribution in [0, 0.1) is 12.3 Å². The Kier molecular flexibility index (Phi) is 4.38. The molecule has 18 heavy (non-hydrogen) atoms. The first-order chi connectivity index (χ1) is 8.33. The van der Waals surface area contributed by atoms with Gasteiger partial charge in [-0.25, -0.2) is 4.79 Å². The molecule has 1 rings (SSSR count). The molecule has 0 aliphatic carbocycles. The van der Waals surface area contributed by atoms with Gasteiger partial charge in [0.15, 0.2) is 0 Å². The Bertz CT molecular complexity index is 466. The second kappa shape index (κ2) is 5.59. The van der Waals surface area contributed by atoms with Gasteiger partial charge >= 0.3 is 6.09 Å². The van der Waals surface area contributed by atoms with Crippen molar-refractivity contribution in [3.8, 4) is 12.3 Å². The number of ether oxygens (including phenoxy) is 1. The second-order valence-corrected chi connectivity index (χ2v) is 5.14. The molecule has 96 valence electrons. The topological polar surface area (TPSA) is 29.5 Å². The van der Waals surface area contributed by atoms with E-state index in [0.29, 0.717) is 6.54 Å². The van der Waals surface area contributed by atoms with Gasteiger partial charge < -0.3 is 9.64 Å². The summed E-state index contributed by atoms with van der Waals surface area (Å²) < 4.78 is 5.28. The minimum absolute atomic E-state index is 0.352. The van der Waals surface area contributed by atoms with Crippen molar-refractivity contribution in [1.29, 1.82) is 0 Å². The van der Waals surface area contributed by atoms with E-state index >= 15 is 0 Å². The van der Waals surface area contributed by atoms with Gasteiger partial charge in [-0.3, -0.25) is 0 Å². The predicted octanol–water partition coefficient (Wildman–Crippen LogP) is 3.03. The number of carbonyl (C=O) groups excluding carboxylic acids is 1. The molecule has 0 aliphatic heterocycles. The number of carbonyl (C=O) groups is 1. The largest absolute Gasteiger partial charge is 0.444 e. The van der Waals surface area contributed by atoms with E-state index in [1.165, 1.54) is 4.90 Å². The lowest BCUT2D eigenvalue weighted by molar-refractivity contribution is 0.0285. The van der Waals surface area contributed by atoms with Crippen LogP contribution in [0.1, 0.15) is 31.9 Å². The van der Waals surface area contributed by atoms with E-state index in [4.69, 9.17) is 11.2 Å². The van der Waals surface area contributed by atoms with Crippen LogP contribution in [0.3, 0.4) is 0 Å². The molecule has 3 nitrogen and oxygen atoms in total. The lowest BCUT2D eigenvalue weighted by Crippen LogP contribution is -2.33. The molecule has 1 aromatic rings. The van der Waals surface area contributed by atoms with Crippen molar-refractivity contribution < 1.29 is 9.53 Å². The molecule has 0 bridgehead atoms. The summed E-state index contributed by atoms with van der Waals surface area (Å²) in [7, 11) is 1.70. The van der Waals surface area contributed by atoms with Crippen LogP contribution >= 0.6 is 0 Å². The zero-order valence-corrected chi connectivity index (χ0v) is 11.4. The summed E-state index contributed by atoms with van der Waals surface area (Å²) in [5, 5.41) is 0. The van der Waals surface area contributed by atoms with Crippen LogP contribution < -0.4 is 0 Å². The quantitative estimate of drug-likeness (QED) is 0.749. The standard InChI is InChI=1S/C15H19NO2/c1-6-12-9-7-8-10-13(12)11-16(5)14(17)18-15(2,3)4/h1,7-10H,11H2,2-5H3. The fourth-order valence-corrected chi connectivity index (χ4v) is 1.46. The number of terminal acetylenes is 1. The van der Waals surface area contributed by atoms with Crippen LogP contribution in [0.15, 0.2) is 24.3 Å². The third-order valence-electron chi connectivity index (χ3n) is 2.29. The molecule has 1 amide bonds. The molecule has 0 saturated heterocycles. The fourth-order valence-electron chi connectivity index (χ4n) is 1.46. The lowest BCUT2D eigenvalue weighted by atomic mass is 10.1. The number of rotatable bonds is 2. The molecular weight excluding hydrogens is 226 g/mol. The molecule has 0 N–H and O–H groups in total. The first-order valence-corrected chi connectivity index (χ1v) is 5.82. The van der Waals surface area contributed by atoms with Gasteiger partial charge in [-0.15, -0.1) is 6.42 Å². The number of hydrogen-bond donors (Lipinski definition) is 0. The highest BCUT2D eigenvalue weighted by molar-refractivity contribution is 5.68. The zero-order valence-electron chi connectivity index (χ0n) is 11.4. The Labute approximate surface area is 109 Å². The van der Waals surface area contributed by atoms with Gasteiger partial charge in [0.25, 0.3) is 0 Å². The first kappa shape index (κ1) is 14.1. The zero-order chi connectivity index (χ0) is 13.8. The van der Waals surface area contributed by atoms with Gasteiger partial charge in [0.1, 0.15) is 5.60 Å². The second-order valence-electron chi connectivity index (χ2n) is 5.14. The maximum absolute atomic E-state index is 11.8. The average molecular weight is 245 g/mol. The highest BCUT2D eigenvalue weighted by Gasteiger charge is 2.19. The summed E-state index contributed by atoms with van der Waals surface area (Å²) in [5.74, 6) is 2.61. The van der Waals surface area contributed by atoms with E-state index in [-0.39, 0.29) is 6.09 Å². The number of amides is 1. The number of benzene rings is 1. The van der Waals surface area contributed by atoms with Crippen LogP contribution in [0.5, 0.6) is 0 Å². The Morgan fingerprint density at radius 2 is 2.00 bits per heavy atom. The minimum atomic E-state index is -0.489. The van der Waals surface area contributed by atoms with Gasteiger partial charge in [0.2, 0.25) is 0 Å². The van der Waals surface area contributed by atoms with Crippen molar-refractivity contribution in [2.24, 2.45) is 0 Å². The van der Waals surface area contributed by atoms with E-state index in [2.05, 4.69) is 5.92 Å². The van der Waals surface area contributed by atoms with Crippen molar-refractivity contribution in [3.05, 3.63) is 35.4 Å². The third kappa shape index (κ3) is 4.14. The van der Waals surface area contributed by atoms with Crippen LogP contribution in [0.25, 0.3) is 0 Å². The third-order valence-corrected chi connectivity index (χ3v) is 2.29. The first-order valence-electron chi connectivity index (χ1n) is 5.82. The summed E-state index contributed by atoms with van der Waals surface area (Å²) in [6.45, 7) is 5.96. The van der Waals surface area contributed by atoms with Crippen molar-refractivity contribution in [1.82, 2.24) is 4.90 Å². The number of hydrogen-bond acceptors (Lipinski definition) is 2. The van der Waals surface area contributed by atoms with Crippen LogP contribution in [0.4, 0.5) is 4.79 Å². The van der Waals surface area contributed by atoms with Gasteiger partial charge in [-0.1, -0.05) is 24.1 Å². The predicted molar refractivity (Wildman–Crippen MR) is 72.1 cm³/mol. The summed E-state index contributed by atoms with van der Waals surface area (Å²) in [4.78, 5) is 13.3. The molecular formula is C15H19NO2. The van der Waals surface area contributed by atoms with Gasteiger partial charge in [-0.2, -0.15) is 0 Å². The monoisotopic (exact) mass is 245 g/mol. The van der Waals surface area contributed by atoms with Crippen LogP contribution in [-0.4, -0.2) is 23.6 Å². The molecule has 0 saturated carbocycles. The summed E-state index contributed by atoms with van der Waals surface area (Å²) in [5.41, 5.74) is 1.25. The highest BCUT2D eigenvalue weighted by atomic mass is 16.6. The molecule has 0 aromatic heterocycles. The summed E-state index contributed by atoms with van der Waals surface area (Å²) >= 11 is 0. The van der Waals surface area contributed by atoms with E-state index in [1.807, 2.05) is 45.0 Å². The van der Waals surface area contributed by atoms with E-state index in [1.54, 1.807) is 7.05 Å². The molecule has 0 radical (unpaired) electrons. The van der Waals surface area contributed by atoms with E-state index in [0.717, 1.165) is 11.1 Å². The molecule has 0 fully saturated rings. The maximum Gasteiger partial charge on any atom is 0.410 e. The smallest absolute Gasteiger partial charge is 0.410 e. The molecule has 0 aliphatic rings. The van der Waals surface area contributed by atoms with Crippen LogP contribution in [-0.2, 0) is 11.3 Å². The molecule has 1 aromatic carbocycles. The van der Waals surface area contributed by atoms with Crippen molar-refractivity contribution in [3.63, 3.8) is 0 Å². The molecule has 0 spiro atoms. The van der Waals surface area contributed by atoms with E-state index in [9.17, 15) is 4.79 Å². The summed E-state index contributed by atoms with van der Waals surface area (Å²) in [6, 6.07) is 7.56. The Morgan fingerprint density at radius 1 is 1.39 bits per heavy atom. The van der Waals surface area contributed by atoms with Gasteiger partial charge in [0, 0.05) is 19.2 Å². The Hall–Kier alpha value is -1.95. The number of nitrogens with zero attached hydrogens (tertiary/aromatic N) is 1. The van der Waals surface area contributed by atoms with Crippen LogP contribution in [0.2, 0.25) is 0 Å². The Balaban J connectivity index is 2.73. The fraction of sp³-hybridized carbons (Fsp3) is 0.400. The van der Waals surface area contributed by atoms with Crippen molar-refractivity contribution in [2.45, 2.75) is 32.9 Å². The average Bonchev–Trinajstić information content (AvgIpc) is 2.27. The van der Waals surface area contributed by atoms with Crippen molar-refractivity contribution >= 4 is 6.09 Å². The molecule has 0 heterocycles. The molecule has 0 unspecified atom stereocenters. The van der Waals surface area contributed by atoms with Crippen molar-refractivity contribution in [2.75, 3.05) is 7.05 Å². The molecule has 3 heteroatoms. The van der Waals surface area contributed by atoms with Gasteiger partial charge in [-0.05, 0) is 32.4 Å². The lowest BCUT2D eigenvalue weighted by Gasteiger charge is -2.25. The molecule has 0 atom stereocenters. The van der Waals surface area contributed by atoms with Gasteiger partial charge in [0.05, 0.1) is 0 Å². The normalized spacial score (nSPS) is 10.6. The Morgan fingerprint density at radius 3 is 2.56 bits per heavy atom. The highest BCUT2D eigenvalue weighted by Crippen LogP contribution is 2.13. The minimum Gasteiger partial charge on any atom is -0.444 e. The summed E-state index contributed by atoms with van der Waals surface area (Å²) in [6.07, 6.45) is 5.07.